The third-order valence-corrected chi connectivity index (χ3v) is 2.65. The average Bonchev–Trinajstić information content (AvgIpc) is 2.38. The van der Waals surface area contributed by atoms with Gasteiger partial charge in [-0.2, -0.15) is 0 Å². The highest BCUT2D eigenvalue weighted by Crippen LogP contribution is 2.07. The second-order valence-corrected chi connectivity index (χ2v) is 7.62. The number of hydrogen-bond donors (Lipinski definition) is 2. The summed E-state index contributed by atoms with van der Waals surface area (Å²) in [6.45, 7) is 10.7. The van der Waals surface area contributed by atoms with Crippen molar-refractivity contribution in [3.8, 4) is 0 Å². The quantitative estimate of drug-likeness (QED) is 0.339. The molecule has 0 aliphatic rings. The predicted octanol–water partition coefficient (Wildman–Crippen LogP) is 3.15. The molecular weight excluding hydrogens is 346 g/mol. The van der Waals surface area contributed by atoms with E-state index in [1.54, 1.807) is 41.5 Å². The number of thiocarbonyl (C=S) groups is 1. The third kappa shape index (κ3) is 14.2. The topological polar surface area (TPSA) is 98.3 Å². The highest BCUT2D eigenvalue weighted by Gasteiger charge is 2.21. The van der Waals surface area contributed by atoms with Crippen LogP contribution < -0.4 is 10.6 Å². The summed E-state index contributed by atoms with van der Waals surface area (Å²) >= 11 is 4.94. The third-order valence-electron chi connectivity index (χ3n) is 2.28. The lowest BCUT2D eigenvalue weighted by atomic mass is 10.2. The Balaban J connectivity index is 4.83. The summed E-state index contributed by atoms with van der Waals surface area (Å²) in [7, 11) is 1.51. The van der Waals surface area contributed by atoms with Gasteiger partial charge in [-0.05, 0) is 60.2 Å². The highest BCUT2D eigenvalue weighted by molar-refractivity contribution is 7.80. The molecule has 0 aliphatic heterocycles. The average molecular weight is 375 g/mol. The molecule has 0 heterocycles. The van der Waals surface area contributed by atoms with Crippen LogP contribution in [0.4, 0.5) is 9.59 Å². The van der Waals surface area contributed by atoms with Crippen molar-refractivity contribution in [1.29, 1.82) is 0 Å². The molecule has 2 amide bonds. The fraction of sp³-hybridized carbons (Fsp3) is 0.750. The van der Waals surface area contributed by atoms with E-state index in [1.165, 1.54) is 7.11 Å². The number of hydrogen-bond acceptors (Lipinski definition) is 7. The number of alkyl carbamates (subject to hydrolysis) is 2. The van der Waals surface area contributed by atoms with Gasteiger partial charge in [-0.25, -0.2) is 9.59 Å². The molecule has 25 heavy (non-hydrogen) atoms. The zero-order valence-corrected chi connectivity index (χ0v) is 16.8. The Morgan fingerprint density at radius 2 is 1.40 bits per heavy atom. The van der Waals surface area contributed by atoms with E-state index in [1.807, 2.05) is 0 Å². The first kappa shape index (κ1) is 23.1. The molecular formula is C16H29N3O5S. The Labute approximate surface area is 154 Å². The van der Waals surface area contributed by atoms with Crippen LogP contribution in [0.15, 0.2) is 4.99 Å². The van der Waals surface area contributed by atoms with Gasteiger partial charge in [-0.3, -0.25) is 15.6 Å². The Morgan fingerprint density at radius 1 is 0.960 bits per heavy atom. The van der Waals surface area contributed by atoms with E-state index in [0.29, 0.717) is 24.4 Å². The van der Waals surface area contributed by atoms with Crippen molar-refractivity contribution in [2.75, 3.05) is 13.7 Å². The molecule has 0 spiro atoms. The van der Waals surface area contributed by atoms with Crippen molar-refractivity contribution in [3.63, 3.8) is 0 Å². The van der Waals surface area contributed by atoms with Crippen LogP contribution >= 0.6 is 12.2 Å². The lowest BCUT2D eigenvalue weighted by Gasteiger charge is -2.22. The van der Waals surface area contributed by atoms with E-state index in [9.17, 15) is 9.59 Å². The van der Waals surface area contributed by atoms with Crippen molar-refractivity contribution in [3.05, 3.63) is 0 Å². The number of nitrogens with one attached hydrogen (secondary N) is 2. The summed E-state index contributed by atoms with van der Waals surface area (Å²) < 4.78 is 15.2. The van der Waals surface area contributed by atoms with Crippen LogP contribution in [-0.2, 0) is 14.2 Å². The molecule has 2 N–H and O–H groups in total. The summed E-state index contributed by atoms with van der Waals surface area (Å²) in [5.41, 5.74) is -1.35. The van der Waals surface area contributed by atoms with E-state index >= 15 is 0 Å². The highest BCUT2D eigenvalue weighted by atomic mass is 32.1. The summed E-state index contributed by atoms with van der Waals surface area (Å²) in [4.78, 5) is 27.9. The zero-order valence-electron chi connectivity index (χ0n) is 16.0. The number of nitrogens with zero attached hydrogens (tertiary/aromatic N) is 1. The van der Waals surface area contributed by atoms with Gasteiger partial charge in [-0.15, -0.1) is 0 Å². The minimum absolute atomic E-state index is 0.0492. The van der Waals surface area contributed by atoms with Crippen LogP contribution in [0.3, 0.4) is 0 Å². The molecule has 0 aliphatic carbocycles. The molecule has 0 fully saturated rings. The summed E-state index contributed by atoms with van der Waals surface area (Å²) in [5, 5.41) is 5.28. The van der Waals surface area contributed by atoms with Crippen LogP contribution in [0.5, 0.6) is 0 Å². The molecule has 0 saturated carbocycles. The van der Waals surface area contributed by atoms with Gasteiger partial charge in [0, 0.05) is 13.0 Å². The maximum atomic E-state index is 11.9. The van der Waals surface area contributed by atoms with Crippen LogP contribution in [-0.4, -0.2) is 48.1 Å². The van der Waals surface area contributed by atoms with Gasteiger partial charge in [0.2, 0.25) is 5.96 Å². The van der Waals surface area contributed by atoms with E-state index < -0.39 is 23.4 Å². The maximum Gasteiger partial charge on any atom is 0.414 e. The number of ether oxygens (including phenoxy) is 3. The van der Waals surface area contributed by atoms with Crippen LogP contribution in [0.2, 0.25) is 0 Å². The molecule has 0 aromatic carbocycles. The minimum atomic E-state index is -0.727. The van der Waals surface area contributed by atoms with Gasteiger partial charge in [-0.1, -0.05) is 0 Å². The number of guanidine groups is 1. The normalized spacial score (nSPS) is 11.2. The van der Waals surface area contributed by atoms with Gasteiger partial charge < -0.3 is 14.2 Å². The lowest BCUT2D eigenvalue weighted by Crippen LogP contribution is -2.47. The number of carbonyl (C=O) groups excluding carboxylic acids is 2. The predicted molar refractivity (Wildman–Crippen MR) is 99.9 cm³/mol. The van der Waals surface area contributed by atoms with Crippen molar-refractivity contribution in [2.45, 2.75) is 65.6 Å². The Hall–Kier alpha value is -1.90. The van der Waals surface area contributed by atoms with E-state index in [-0.39, 0.29) is 5.96 Å². The van der Waals surface area contributed by atoms with E-state index in [2.05, 4.69) is 15.6 Å². The standard InChI is InChI=1S/C16H29N3O5S/c1-15(2,3)23-13(20)18-12(17-10-8-9-11(25)22-7)19-14(21)24-16(4,5)6/h8-10H2,1-7H3,(H2,17,18,19,20,21). The van der Waals surface area contributed by atoms with Crippen molar-refractivity contribution in [2.24, 2.45) is 4.99 Å². The Morgan fingerprint density at radius 3 is 1.76 bits per heavy atom. The van der Waals surface area contributed by atoms with Gasteiger partial charge >= 0.3 is 12.2 Å². The van der Waals surface area contributed by atoms with E-state index in [4.69, 9.17) is 26.4 Å². The van der Waals surface area contributed by atoms with Gasteiger partial charge in [0.15, 0.2) is 5.05 Å². The molecule has 0 rings (SSSR count). The molecule has 144 valence electrons. The van der Waals surface area contributed by atoms with Crippen molar-refractivity contribution >= 4 is 35.4 Å². The molecule has 0 radical (unpaired) electrons. The largest absolute Gasteiger partial charge is 0.490 e. The molecule has 0 atom stereocenters. The first-order valence-electron chi connectivity index (χ1n) is 7.93. The van der Waals surface area contributed by atoms with Crippen molar-refractivity contribution in [1.82, 2.24) is 10.6 Å². The molecule has 0 aromatic rings. The van der Waals surface area contributed by atoms with Gasteiger partial charge in [0.1, 0.15) is 11.2 Å². The Bertz CT molecular complexity index is 475. The van der Waals surface area contributed by atoms with E-state index in [0.717, 1.165) is 0 Å². The Kier molecular flexibility index (Phi) is 9.40. The smallest absolute Gasteiger partial charge is 0.414 e. The number of rotatable bonds is 4. The van der Waals surface area contributed by atoms with Gasteiger partial charge in [0.25, 0.3) is 0 Å². The zero-order chi connectivity index (χ0) is 19.7. The van der Waals surface area contributed by atoms with Crippen molar-refractivity contribution < 1.29 is 23.8 Å². The fourth-order valence-corrected chi connectivity index (χ4v) is 1.57. The SMILES string of the molecule is COC(=S)CCCN=C(NC(=O)OC(C)(C)C)NC(=O)OC(C)(C)C. The van der Waals surface area contributed by atoms with Crippen LogP contribution in [0.1, 0.15) is 54.4 Å². The lowest BCUT2D eigenvalue weighted by molar-refractivity contribution is 0.0545. The summed E-state index contributed by atoms with van der Waals surface area (Å²) in [6.07, 6.45) is -0.312. The van der Waals surface area contributed by atoms with Gasteiger partial charge in [0.05, 0.1) is 7.11 Å². The molecule has 0 aromatic heterocycles. The molecule has 0 unspecified atom stereocenters. The molecule has 0 bridgehead atoms. The maximum absolute atomic E-state index is 11.9. The number of carbonyl (C=O) groups is 2. The number of aliphatic imine (C=N–C) groups is 1. The number of methoxy groups -OCH3 is 1. The first-order chi connectivity index (χ1) is 11.3. The summed E-state index contributed by atoms with van der Waals surface area (Å²) in [5.74, 6) is -0.0492. The molecule has 9 heteroatoms. The molecule has 0 saturated heterocycles. The summed E-state index contributed by atoms with van der Waals surface area (Å²) in [6, 6.07) is 0. The fourth-order valence-electron chi connectivity index (χ4n) is 1.43. The second kappa shape index (κ2) is 10.2. The van der Waals surface area contributed by atoms with Crippen LogP contribution in [0.25, 0.3) is 0 Å². The van der Waals surface area contributed by atoms with Crippen LogP contribution in [0, 0.1) is 0 Å². The second-order valence-electron chi connectivity index (χ2n) is 7.16. The molecule has 8 nitrogen and oxygen atoms in total. The monoisotopic (exact) mass is 375 g/mol. The number of amides is 2. The minimum Gasteiger partial charge on any atom is -0.490 e. The first-order valence-corrected chi connectivity index (χ1v) is 8.34.